The van der Waals surface area contributed by atoms with Crippen LogP contribution in [0.1, 0.15) is 329 Å². The van der Waals surface area contributed by atoms with Crippen LogP contribution in [0.25, 0.3) is 0 Å². The summed E-state index contributed by atoms with van der Waals surface area (Å²) in [5.74, 6) is -0.888. The zero-order valence-corrected chi connectivity index (χ0v) is 53.3. The van der Waals surface area contributed by atoms with E-state index in [9.17, 15) is 14.4 Å². The maximum absolute atomic E-state index is 12.9. The fraction of sp³-hybridized carbons (Fsp3) is 0.720. The molecule has 0 radical (unpaired) electrons. The number of rotatable bonds is 62. The summed E-state index contributed by atoms with van der Waals surface area (Å²) in [6, 6.07) is 0. The minimum atomic E-state index is -0.782. The van der Waals surface area contributed by atoms with Crippen molar-refractivity contribution in [3.8, 4) is 0 Å². The van der Waals surface area contributed by atoms with Gasteiger partial charge in [-0.3, -0.25) is 14.4 Å². The highest BCUT2D eigenvalue weighted by Crippen LogP contribution is 2.17. The minimum absolute atomic E-state index is 0.0797. The molecular weight excluding hydrogens is 997 g/mol. The molecule has 464 valence electrons. The molecule has 1 unspecified atom stereocenters. The number of unbranched alkanes of at least 4 members (excludes halogenated alkanes) is 33. The highest BCUT2D eigenvalue weighted by molar-refractivity contribution is 5.71. The molecule has 0 N–H and O–H groups in total. The average molecular weight is 1130 g/mol. The van der Waals surface area contributed by atoms with Crippen molar-refractivity contribution in [2.24, 2.45) is 0 Å². The van der Waals surface area contributed by atoms with Gasteiger partial charge in [0.2, 0.25) is 0 Å². The molecule has 0 saturated heterocycles. The lowest BCUT2D eigenvalue weighted by molar-refractivity contribution is -0.167. The Kier molecular flexibility index (Phi) is 65.2. The van der Waals surface area contributed by atoms with Gasteiger partial charge in [-0.2, -0.15) is 0 Å². The topological polar surface area (TPSA) is 78.9 Å². The second kappa shape index (κ2) is 68.6. The van der Waals surface area contributed by atoms with Crippen molar-refractivity contribution in [1.82, 2.24) is 0 Å². The third kappa shape index (κ3) is 66.8. The summed E-state index contributed by atoms with van der Waals surface area (Å²) in [6.45, 7) is 6.49. The van der Waals surface area contributed by atoms with E-state index >= 15 is 0 Å². The Labute approximate surface area is 501 Å². The molecule has 0 saturated carbocycles. The van der Waals surface area contributed by atoms with Crippen LogP contribution in [-0.2, 0) is 28.6 Å². The number of esters is 3. The predicted octanol–water partition coefficient (Wildman–Crippen LogP) is 23.8. The first-order valence-electron chi connectivity index (χ1n) is 34.4. The van der Waals surface area contributed by atoms with E-state index in [1.54, 1.807) is 0 Å². The van der Waals surface area contributed by atoms with Crippen LogP contribution in [-0.4, -0.2) is 37.2 Å². The first-order chi connectivity index (χ1) is 40.0. The monoisotopic (exact) mass is 1120 g/mol. The van der Waals surface area contributed by atoms with Crippen molar-refractivity contribution in [1.29, 1.82) is 0 Å². The van der Waals surface area contributed by atoms with Crippen LogP contribution in [0.3, 0.4) is 0 Å². The van der Waals surface area contributed by atoms with Crippen molar-refractivity contribution in [3.05, 3.63) is 109 Å². The smallest absolute Gasteiger partial charge is 0.306 e. The highest BCUT2D eigenvalue weighted by atomic mass is 16.6. The lowest BCUT2D eigenvalue weighted by atomic mass is 10.0. The van der Waals surface area contributed by atoms with Crippen LogP contribution < -0.4 is 0 Å². The maximum atomic E-state index is 12.9. The number of carbonyl (C=O) groups is 3. The average Bonchev–Trinajstić information content (AvgIpc) is 3.47. The molecule has 0 aromatic carbocycles. The van der Waals surface area contributed by atoms with Crippen molar-refractivity contribution in [3.63, 3.8) is 0 Å². The van der Waals surface area contributed by atoms with E-state index < -0.39 is 6.10 Å². The number of carbonyl (C=O) groups excluding carboxylic acids is 3. The summed E-state index contributed by atoms with van der Waals surface area (Å²) < 4.78 is 16.9. The molecule has 0 aliphatic rings. The lowest BCUT2D eigenvalue weighted by Crippen LogP contribution is -2.30. The molecule has 0 aromatic heterocycles. The number of ether oxygens (including phenoxy) is 3. The summed E-state index contributed by atoms with van der Waals surface area (Å²) in [5.41, 5.74) is 0. The van der Waals surface area contributed by atoms with Crippen LogP contribution in [0.15, 0.2) is 109 Å². The first-order valence-corrected chi connectivity index (χ1v) is 34.4. The largest absolute Gasteiger partial charge is 0.462 e. The molecule has 6 heteroatoms. The third-order valence-corrected chi connectivity index (χ3v) is 14.8. The fourth-order valence-corrected chi connectivity index (χ4v) is 9.63. The van der Waals surface area contributed by atoms with Gasteiger partial charge < -0.3 is 14.2 Å². The van der Waals surface area contributed by atoms with Gasteiger partial charge in [-0.05, 0) is 109 Å². The Morgan fingerprint density at radius 2 is 0.481 bits per heavy atom. The van der Waals surface area contributed by atoms with Crippen LogP contribution in [0.2, 0.25) is 0 Å². The van der Waals surface area contributed by atoms with E-state index in [0.29, 0.717) is 19.3 Å². The molecule has 0 spiro atoms. The second-order valence-corrected chi connectivity index (χ2v) is 22.7. The van der Waals surface area contributed by atoms with Gasteiger partial charge in [0, 0.05) is 19.3 Å². The molecule has 0 fully saturated rings. The Balaban J connectivity index is 4.14. The van der Waals surface area contributed by atoms with Gasteiger partial charge in [0.05, 0.1) is 0 Å². The summed E-state index contributed by atoms with van der Waals surface area (Å²) in [4.78, 5) is 38.2. The van der Waals surface area contributed by atoms with Gasteiger partial charge in [0.15, 0.2) is 6.10 Å². The van der Waals surface area contributed by atoms with E-state index in [2.05, 4.69) is 130 Å². The van der Waals surface area contributed by atoms with Gasteiger partial charge in [-0.15, -0.1) is 0 Å². The molecule has 6 nitrogen and oxygen atoms in total. The van der Waals surface area contributed by atoms with E-state index in [1.807, 2.05) is 0 Å². The molecule has 81 heavy (non-hydrogen) atoms. The summed E-state index contributed by atoms with van der Waals surface area (Å²) in [6.07, 6.45) is 94.2. The molecule has 0 bridgehead atoms. The number of hydrogen-bond donors (Lipinski definition) is 0. The molecular formula is C75H128O6. The summed E-state index contributed by atoms with van der Waals surface area (Å²) >= 11 is 0. The summed E-state index contributed by atoms with van der Waals surface area (Å²) in [5, 5.41) is 0. The molecule has 0 heterocycles. The third-order valence-electron chi connectivity index (χ3n) is 14.8. The molecule has 0 rings (SSSR count). The Morgan fingerprint density at radius 1 is 0.259 bits per heavy atom. The number of allylic oxidation sites excluding steroid dienone is 18. The quantitative estimate of drug-likeness (QED) is 0.0261. The zero-order chi connectivity index (χ0) is 58.5. The van der Waals surface area contributed by atoms with Gasteiger partial charge in [-0.1, -0.05) is 310 Å². The Hall–Kier alpha value is -3.93. The zero-order valence-electron chi connectivity index (χ0n) is 53.3. The Bertz CT molecular complexity index is 1620. The molecule has 0 aromatic rings. The minimum Gasteiger partial charge on any atom is -0.462 e. The SMILES string of the molecule is CC/C=C\C/C=C\C/C=C\C/C=C\C/C=C\C/C=C\C/C=C\CCCCCCCCCC(=O)OCC(COC(=O)CCCCCCCCC)OC(=O)CCCCCCCCCCCCCCCCC/C=C\C/C=C\CCCCCCC. The van der Waals surface area contributed by atoms with Crippen LogP contribution >= 0.6 is 0 Å². The van der Waals surface area contributed by atoms with E-state index in [-0.39, 0.29) is 31.1 Å². The highest BCUT2D eigenvalue weighted by Gasteiger charge is 2.19. The predicted molar refractivity (Wildman–Crippen MR) is 353 cm³/mol. The molecule has 1 atom stereocenters. The van der Waals surface area contributed by atoms with Gasteiger partial charge in [-0.25, -0.2) is 0 Å². The van der Waals surface area contributed by atoms with Crippen LogP contribution in [0.4, 0.5) is 0 Å². The van der Waals surface area contributed by atoms with Crippen molar-refractivity contribution in [2.45, 2.75) is 335 Å². The van der Waals surface area contributed by atoms with Crippen molar-refractivity contribution >= 4 is 17.9 Å². The van der Waals surface area contributed by atoms with Gasteiger partial charge >= 0.3 is 17.9 Å². The van der Waals surface area contributed by atoms with E-state index in [4.69, 9.17) is 14.2 Å². The van der Waals surface area contributed by atoms with Crippen molar-refractivity contribution in [2.75, 3.05) is 13.2 Å². The first kappa shape index (κ1) is 77.1. The van der Waals surface area contributed by atoms with Gasteiger partial charge in [0.1, 0.15) is 13.2 Å². The maximum Gasteiger partial charge on any atom is 0.306 e. The van der Waals surface area contributed by atoms with E-state index in [1.165, 1.54) is 173 Å². The molecule has 0 amide bonds. The fourth-order valence-electron chi connectivity index (χ4n) is 9.63. The summed E-state index contributed by atoms with van der Waals surface area (Å²) in [7, 11) is 0. The number of hydrogen-bond acceptors (Lipinski definition) is 6. The van der Waals surface area contributed by atoms with Crippen LogP contribution in [0.5, 0.6) is 0 Å². The van der Waals surface area contributed by atoms with Crippen LogP contribution in [0, 0.1) is 0 Å². The molecule has 0 aliphatic carbocycles. The Morgan fingerprint density at radius 3 is 0.753 bits per heavy atom. The second-order valence-electron chi connectivity index (χ2n) is 22.7. The lowest BCUT2D eigenvalue weighted by Gasteiger charge is -2.18. The van der Waals surface area contributed by atoms with Crippen molar-refractivity contribution < 1.29 is 28.6 Å². The standard InChI is InChI=1S/C75H128O6/c1-4-7-10-13-16-18-20-22-24-26-28-30-32-34-36-37-39-40-42-44-46-48-50-52-54-56-59-62-65-68-74(77)80-71-72(70-79-73(76)67-64-61-58-15-12-9-6-3)81-75(78)69-66-63-60-57-55-53-51-49-47-45-43-41-38-35-33-31-29-27-25-23-21-19-17-14-11-8-5-2/h7,10,16,18,21-24,27-30,34,36,39-40,44,46,72H,4-6,8-9,11-15,17,19-20,25-26,31-33,35,37-38,41-43,45,47-71H2,1-3H3/b10-7-,18-16-,23-21-,24-22-,29-27-,30-28-,36-34-,40-39-,46-44-. The van der Waals surface area contributed by atoms with E-state index in [0.717, 1.165) is 116 Å². The van der Waals surface area contributed by atoms with Gasteiger partial charge in [0.25, 0.3) is 0 Å². The molecule has 0 aliphatic heterocycles. The normalized spacial score (nSPS) is 12.8.